The Labute approximate surface area is 132 Å². The zero-order chi connectivity index (χ0) is 17.3. The fourth-order valence-corrected chi connectivity index (χ4v) is 2.56. The number of hydrogen-bond acceptors (Lipinski definition) is 4. The van der Waals surface area contributed by atoms with Crippen LogP contribution < -0.4 is 0 Å². The van der Waals surface area contributed by atoms with Crippen molar-refractivity contribution in [3.05, 3.63) is 47.5 Å². The normalized spacial score (nSPS) is 15.4. The topological polar surface area (TPSA) is 61.8 Å². The average Bonchev–Trinajstić information content (AvgIpc) is 2.99. The van der Waals surface area contributed by atoms with Gasteiger partial charge >= 0.3 is 11.4 Å². The molecular weight excluding hydrogens is 341 g/mol. The smallest absolute Gasteiger partial charge is 0.377 e. The molecule has 0 aliphatic carbocycles. The van der Waals surface area contributed by atoms with Gasteiger partial charge in [-0.1, -0.05) is 23.9 Å². The molecule has 1 aromatic heterocycles. The zero-order valence-corrected chi connectivity index (χ0v) is 12.6. The molecule has 0 bridgehead atoms. The van der Waals surface area contributed by atoms with Crippen LogP contribution in [0.5, 0.6) is 0 Å². The second kappa shape index (κ2) is 6.08. The summed E-state index contributed by atoms with van der Waals surface area (Å²) < 4.78 is 66.2. The minimum absolute atomic E-state index is 0.0128. The van der Waals surface area contributed by atoms with Crippen LogP contribution in [0, 0.1) is 0 Å². The highest BCUT2D eigenvalue weighted by Crippen LogP contribution is 2.46. The van der Waals surface area contributed by atoms with Gasteiger partial charge in [-0.15, -0.1) is 0 Å². The van der Waals surface area contributed by atoms with E-state index in [0.717, 1.165) is 24.7 Å². The van der Waals surface area contributed by atoms with Crippen LogP contribution in [0.25, 0.3) is 0 Å². The van der Waals surface area contributed by atoms with Gasteiger partial charge in [0.1, 0.15) is 12.2 Å². The summed E-state index contributed by atoms with van der Waals surface area (Å²) in [7, 11) is 0. The van der Waals surface area contributed by atoms with Gasteiger partial charge in [0, 0.05) is 6.42 Å². The number of aliphatic hydroxyl groups is 1. The molecule has 10 heteroatoms. The number of thioether (sulfide) groups is 1. The molecule has 2 N–H and O–H groups in total. The quantitative estimate of drug-likeness (QED) is 0.811. The Hall–Kier alpha value is -1.68. The summed E-state index contributed by atoms with van der Waals surface area (Å²) in [5.74, 6) is -0.0128. The van der Waals surface area contributed by atoms with Crippen molar-refractivity contribution < 1.29 is 27.1 Å². The fraction of sp³-hybridized carbons (Fsp3) is 0.385. The molecule has 1 atom stereocenters. The highest BCUT2D eigenvalue weighted by atomic mass is 32.2. The Morgan fingerprint density at radius 3 is 2.09 bits per heavy atom. The molecule has 0 aliphatic rings. The zero-order valence-electron chi connectivity index (χ0n) is 11.7. The third-order valence-corrected chi connectivity index (χ3v) is 4.17. The Bertz CT molecular complexity index is 645. The Balaban J connectivity index is 2.45. The molecule has 0 aliphatic heterocycles. The summed E-state index contributed by atoms with van der Waals surface area (Å²) in [4.78, 5) is 3.68. The van der Waals surface area contributed by atoms with Gasteiger partial charge in [-0.25, -0.2) is 4.98 Å². The Kier molecular flexibility index (Phi) is 4.67. The number of rotatable bonds is 5. The molecule has 1 aromatic carbocycles. The first kappa shape index (κ1) is 17.7. The van der Waals surface area contributed by atoms with E-state index in [2.05, 4.69) is 15.2 Å². The summed E-state index contributed by atoms with van der Waals surface area (Å²) in [5.41, 5.74) is -4.08. The summed E-state index contributed by atoms with van der Waals surface area (Å²) in [5, 5.41) is 12.7. The van der Waals surface area contributed by atoms with E-state index in [1.165, 1.54) is 0 Å². The van der Waals surface area contributed by atoms with E-state index in [1.54, 1.807) is 0 Å². The third kappa shape index (κ3) is 3.47. The van der Waals surface area contributed by atoms with E-state index >= 15 is 0 Å². The minimum atomic E-state index is -4.59. The Morgan fingerprint density at radius 1 is 1.09 bits per heavy atom. The van der Waals surface area contributed by atoms with E-state index in [9.17, 15) is 27.1 Å². The standard InChI is InChI=1S/C13H12F5N3OS/c1-23-13(17,18)11(22,6-10-19-7-20-21-10)8-2-4-9(5-3-8)12(14,15)16/h2-5,7,22H,6H2,1H3,(H,19,20,21). The summed E-state index contributed by atoms with van der Waals surface area (Å²) in [6, 6.07) is 2.97. The van der Waals surface area contributed by atoms with E-state index in [-0.39, 0.29) is 23.1 Å². The van der Waals surface area contributed by atoms with Gasteiger partial charge in [-0.3, -0.25) is 5.10 Å². The number of nitrogens with one attached hydrogen (secondary N) is 1. The van der Waals surface area contributed by atoms with Crippen molar-refractivity contribution in [1.29, 1.82) is 0 Å². The SMILES string of the molecule is CSC(F)(F)C(O)(Cc1ncn[nH]1)c1ccc(C(F)(F)F)cc1. The number of halogens is 5. The lowest BCUT2D eigenvalue weighted by molar-refractivity contribution is -0.138. The predicted octanol–water partition coefficient (Wildman–Crippen LogP) is 3.21. The van der Waals surface area contributed by atoms with E-state index < -0.39 is 29.0 Å². The minimum Gasteiger partial charge on any atom is -0.377 e. The van der Waals surface area contributed by atoms with Gasteiger partial charge in [-0.05, 0) is 24.0 Å². The first-order chi connectivity index (χ1) is 10.6. The van der Waals surface area contributed by atoms with Crippen molar-refractivity contribution in [2.45, 2.75) is 23.5 Å². The van der Waals surface area contributed by atoms with Gasteiger partial charge in [0.25, 0.3) is 0 Å². The number of nitrogens with zero attached hydrogens (tertiary/aromatic N) is 2. The lowest BCUT2D eigenvalue weighted by Gasteiger charge is -2.34. The van der Waals surface area contributed by atoms with Crippen molar-refractivity contribution in [1.82, 2.24) is 15.2 Å². The molecule has 4 nitrogen and oxygen atoms in total. The molecule has 2 aromatic rings. The molecule has 126 valence electrons. The van der Waals surface area contributed by atoms with Crippen LogP contribution in [0.4, 0.5) is 22.0 Å². The monoisotopic (exact) mass is 353 g/mol. The maximum atomic E-state index is 14.2. The molecule has 0 fully saturated rings. The van der Waals surface area contributed by atoms with Gasteiger partial charge in [0.15, 0.2) is 5.60 Å². The van der Waals surface area contributed by atoms with Crippen LogP contribution in [0.15, 0.2) is 30.6 Å². The first-order valence-electron chi connectivity index (χ1n) is 6.27. The lowest BCUT2D eigenvalue weighted by atomic mass is 9.89. The lowest BCUT2D eigenvalue weighted by Crippen LogP contribution is -2.45. The van der Waals surface area contributed by atoms with Gasteiger partial charge in [0.05, 0.1) is 5.56 Å². The number of H-pyrrole nitrogens is 1. The van der Waals surface area contributed by atoms with Crippen LogP contribution in [0.3, 0.4) is 0 Å². The molecule has 0 amide bonds. The Morgan fingerprint density at radius 2 is 1.65 bits per heavy atom. The van der Waals surface area contributed by atoms with Crippen molar-refractivity contribution in [3.8, 4) is 0 Å². The number of aromatic amines is 1. The van der Waals surface area contributed by atoms with Crippen LogP contribution in [-0.2, 0) is 18.2 Å². The maximum Gasteiger partial charge on any atom is 0.416 e. The summed E-state index contributed by atoms with van der Waals surface area (Å²) in [6.07, 6.45) is -3.05. The second-order valence-electron chi connectivity index (χ2n) is 4.77. The molecule has 2 rings (SSSR count). The maximum absolute atomic E-state index is 14.2. The molecule has 23 heavy (non-hydrogen) atoms. The van der Waals surface area contributed by atoms with Gasteiger partial charge < -0.3 is 5.11 Å². The van der Waals surface area contributed by atoms with Crippen molar-refractivity contribution >= 4 is 11.8 Å². The summed E-state index contributed by atoms with van der Waals surface area (Å²) in [6.45, 7) is 0. The van der Waals surface area contributed by atoms with Crippen LogP contribution in [-0.4, -0.2) is 31.8 Å². The number of benzene rings is 1. The van der Waals surface area contributed by atoms with Gasteiger partial charge in [0.2, 0.25) is 0 Å². The fourth-order valence-electron chi connectivity index (χ4n) is 2.04. The summed E-state index contributed by atoms with van der Waals surface area (Å²) >= 11 is 0.0928. The predicted molar refractivity (Wildman–Crippen MR) is 73.9 cm³/mol. The average molecular weight is 353 g/mol. The van der Waals surface area contributed by atoms with E-state index in [0.29, 0.717) is 12.1 Å². The van der Waals surface area contributed by atoms with Gasteiger partial charge in [-0.2, -0.15) is 27.1 Å². The molecular formula is C13H12F5N3OS. The molecule has 0 saturated heterocycles. The molecule has 0 spiro atoms. The van der Waals surface area contributed by atoms with Crippen LogP contribution >= 0.6 is 11.8 Å². The highest BCUT2D eigenvalue weighted by Gasteiger charge is 2.54. The molecule has 0 saturated carbocycles. The van der Waals surface area contributed by atoms with Crippen molar-refractivity contribution in [3.63, 3.8) is 0 Å². The van der Waals surface area contributed by atoms with Crippen LogP contribution in [0.1, 0.15) is 17.0 Å². The molecule has 1 heterocycles. The van der Waals surface area contributed by atoms with Crippen molar-refractivity contribution in [2.75, 3.05) is 6.26 Å². The number of alkyl halides is 5. The van der Waals surface area contributed by atoms with E-state index in [4.69, 9.17) is 0 Å². The van der Waals surface area contributed by atoms with Crippen molar-refractivity contribution in [2.24, 2.45) is 0 Å². The molecule has 1 unspecified atom stereocenters. The number of hydrogen-bond donors (Lipinski definition) is 2. The van der Waals surface area contributed by atoms with E-state index in [1.807, 2.05) is 0 Å². The first-order valence-corrected chi connectivity index (χ1v) is 7.50. The number of aromatic nitrogens is 3. The third-order valence-electron chi connectivity index (χ3n) is 3.32. The molecule has 0 radical (unpaired) electrons. The highest BCUT2D eigenvalue weighted by molar-refractivity contribution is 7.99. The largest absolute Gasteiger partial charge is 0.416 e. The second-order valence-corrected chi connectivity index (χ2v) is 5.69. The van der Waals surface area contributed by atoms with Crippen LogP contribution in [0.2, 0.25) is 0 Å².